The van der Waals surface area contributed by atoms with Gasteiger partial charge in [0.05, 0.1) is 21.3 Å². The monoisotopic (exact) mass is 564 g/mol. The van der Waals surface area contributed by atoms with Gasteiger partial charge in [-0.15, -0.1) is 0 Å². The number of nitrogens with one attached hydrogen (secondary N) is 1. The molecule has 172 valence electrons. The van der Waals surface area contributed by atoms with Crippen LogP contribution in [0.25, 0.3) is 16.8 Å². The van der Waals surface area contributed by atoms with E-state index in [2.05, 4.69) is 21.2 Å². The SMILES string of the molecule is N#C/C(=C\c1cc(Br)ccc1OC(=O)c1cccc2ccccc12)C(=O)Nc1c(Cl)cccc1Cl. The Morgan fingerprint density at radius 2 is 1.63 bits per heavy atom. The van der Waals surface area contributed by atoms with Gasteiger partial charge in [0.1, 0.15) is 17.4 Å². The van der Waals surface area contributed by atoms with Gasteiger partial charge in [-0.25, -0.2) is 4.79 Å². The number of halogens is 3. The number of esters is 1. The number of benzene rings is 4. The van der Waals surface area contributed by atoms with Gasteiger partial charge < -0.3 is 10.1 Å². The van der Waals surface area contributed by atoms with Crippen LogP contribution in [-0.4, -0.2) is 11.9 Å². The van der Waals surface area contributed by atoms with Crippen molar-refractivity contribution in [3.05, 3.63) is 110 Å². The van der Waals surface area contributed by atoms with Crippen LogP contribution in [0.5, 0.6) is 5.75 Å². The lowest BCUT2D eigenvalue weighted by molar-refractivity contribution is -0.112. The number of carbonyl (C=O) groups is 2. The number of fused-ring (bicyclic) bond motifs is 1. The van der Waals surface area contributed by atoms with Gasteiger partial charge in [0.25, 0.3) is 5.91 Å². The number of carbonyl (C=O) groups excluding carboxylic acids is 2. The van der Waals surface area contributed by atoms with Gasteiger partial charge in [0, 0.05) is 10.0 Å². The number of anilines is 1. The number of nitrogens with zero attached hydrogens (tertiary/aromatic N) is 1. The number of para-hydroxylation sites is 1. The summed E-state index contributed by atoms with van der Waals surface area (Å²) in [6.07, 6.45) is 1.33. The Bertz CT molecular complexity index is 1520. The van der Waals surface area contributed by atoms with Crippen molar-refractivity contribution in [2.45, 2.75) is 0 Å². The molecule has 4 aromatic rings. The van der Waals surface area contributed by atoms with Crippen molar-refractivity contribution < 1.29 is 14.3 Å². The fraction of sp³-hybridized carbons (Fsp3) is 0. The molecule has 0 bridgehead atoms. The molecule has 0 fully saturated rings. The van der Waals surface area contributed by atoms with Crippen LogP contribution >= 0.6 is 39.1 Å². The first-order chi connectivity index (χ1) is 16.9. The fourth-order valence-corrected chi connectivity index (χ4v) is 4.26. The average molecular weight is 566 g/mol. The lowest BCUT2D eigenvalue weighted by Gasteiger charge is -2.11. The van der Waals surface area contributed by atoms with E-state index < -0.39 is 11.9 Å². The summed E-state index contributed by atoms with van der Waals surface area (Å²) in [4.78, 5) is 25.8. The normalized spacial score (nSPS) is 11.1. The molecule has 35 heavy (non-hydrogen) atoms. The Balaban J connectivity index is 1.66. The molecule has 1 amide bonds. The van der Waals surface area contributed by atoms with E-state index in [4.69, 9.17) is 27.9 Å². The van der Waals surface area contributed by atoms with Crippen molar-refractivity contribution in [1.82, 2.24) is 0 Å². The van der Waals surface area contributed by atoms with E-state index in [0.29, 0.717) is 15.6 Å². The second-order valence-electron chi connectivity index (χ2n) is 7.32. The topological polar surface area (TPSA) is 79.2 Å². The Kier molecular flexibility index (Phi) is 7.52. The minimum atomic E-state index is -0.714. The summed E-state index contributed by atoms with van der Waals surface area (Å²) in [7, 11) is 0. The lowest BCUT2D eigenvalue weighted by Crippen LogP contribution is -2.14. The smallest absolute Gasteiger partial charge is 0.344 e. The van der Waals surface area contributed by atoms with Gasteiger partial charge in [-0.05, 0) is 53.2 Å². The molecule has 5 nitrogen and oxygen atoms in total. The highest BCUT2D eigenvalue weighted by Gasteiger charge is 2.17. The maximum atomic E-state index is 13.0. The molecule has 0 unspecified atom stereocenters. The van der Waals surface area contributed by atoms with E-state index >= 15 is 0 Å². The molecule has 1 N–H and O–H groups in total. The molecule has 0 spiro atoms. The molecule has 0 saturated heterocycles. The molecule has 0 saturated carbocycles. The Hall–Kier alpha value is -3.63. The summed E-state index contributed by atoms with van der Waals surface area (Å²) < 4.78 is 6.36. The Morgan fingerprint density at radius 3 is 2.37 bits per heavy atom. The van der Waals surface area contributed by atoms with Gasteiger partial charge in [-0.3, -0.25) is 4.79 Å². The van der Waals surface area contributed by atoms with Crippen molar-refractivity contribution >= 4 is 73.5 Å². The van der Waals surface area contributed by atoms with E-state index in [1.54, 1.807) is 48.5 Å². The molecule has 4 rings (SSSR count). The zero-order chi connectivity index (χ0) is 24.9. The third-order valence-electron chi connectivity index (χ3n) is 5.05. The second kappa shape index (κ2) is 10.7. The highest BCUT2D eigenvalue weighted by molar-refractivity contribution is 9.10. The number of hydrogen-bond acceptors (Lipinski definition) is 4. The number of rotatable bonds is 5. The number of amides is 1. The van der Waals surface area contributed by atoms with Crippen LogP contribution in [0.1, 0.15) is 15.9 Å². The van der Waals surface area contributed by atoms with E-state index in [1.807, 2.05) is 36.4 Å². The third-order valence-corrected chi connectivity index (χ3v) is 6.17. The van der Waals surface area contributed by atoms with Crippen LogP contribution in [0, 0.1) is 11.3 Å². The second-order valence-corrected chi connectivity index (χ2v) is 9.05. The van der Waals surface area contributed by atoms with Gasteiger partial charge in [0.15, 0.2) is 0 Å². The quantitative estimate of drug-likeness (QED) is 0.116. The van der Waals surface area contributed by atoms with Crippen molar-refractivity contribution in [2.75, 3.05) is 5.32 Å². The van der Waals surface area contributed by atoms with Crippen LogP contribution < -0.4 is 10.1 Å². The molecule has 0 radical (unpaired) electrons. The predicted molar refractivity (Wildman–Crippen MR) is 142 cm³/mol. The van der Waals surface area contributed by atoms with Gasteiger partial charge in [-0.2, -0.15) is 5.26 Å². The summed E-state index contributed by atoms with van der Waals surface area (Å²) in [5.41, 5.74) is 0.706. The zero-order valence-corrected chi connectivity index (χ0v) is 21.0. The van der Waals surface area contributed by atoms with Crippen molar-refractivity contribution in [3.63, 3.8) is 0 Å². The molecule has 0 aliphatic carbocycles. The average Bonchev–Trinajstić information content (AvgIpc) is 2.85. The molecule has 4 aromatic carbocycles. The summed E-state index contributed by atoms with van der Waals surface area (Å²) >= 11 is 15.6. The third kappa shape index (κ3) is 5.55. The Labute approximate surface area is 219 Å². The van der Waals surface area contributed by atoms with Crippen molar-refractivity contribution in [1.29, 1.82) is 5.26 Å². The van der Waals surface area contributed by atoms with Crippen LogP contribution in [0.2, 0.25) is 10.0 Å². The first-order valence-electron chi connectivity index (χ1n) is 10.2. The van der Waals surface area contributed by atoms with Crippen molar-refractivity contribution in [3.8, 4) is 11.8 Å². The molecule has 8 heteroatoms. The Morgan fingerprint density at radius 1 is 0.943 bits per heavy atom. The summed E-state index contributed by atoms with van der Waals surface area (Å²) in [5, 5.41) is 14.3. The summed E-state index contributed by atoms with van der Waals surface area (Å²) in [6, 6.07) is 24.4. The number of hydrogen-bond donors (Lipinski definition) is 1. The number of ether oxygens (including phenoxy) is 1. The van der Waals surface area contributed by atoms with Crippen LogP contribution in [0.4, 0.5) is 5.69 Å². The largest absolute Gasteiger partial charge is 0.422 e. The van der Waals surface area contributed by atoms with Crippen molar-refractivity contribution in [2.24, 2.45) is 0 Å². The molecule has 0 aromatic heterocycles. The predicted octanol–water partition coefficient (Wildman–Crippen LogP) is 7.67. The van der Waals surface area contributed by atoms with E-state index in [1.165, 1.54) is 6.08 Å². The van der Waals surface area contributed by atoms with Gasteiger partial charge in [0.2, 0.25) is 0 Å². The molecule has 0 atom stereocenters. The van der Waals surface area contributed by atoms with E-state index in [9.17, 15) is 14.9 Å². The van der Waals surface area contributed by atoms with Gasteiger partial charge in [-0.1, -0.05) is 81.6 Å². The summed E-state index contributed by atoms with van der Waals surface area (Å²) in [6.45, 7) is 0. The maximum absolute atomic E-state index is 13.0. The van der Waals surface area contributed by atoms with E-state index in [0.717, 1.165) is 10.8 Å². The molecule has 0 aliphatic heterocycles. The standard InChI is InChI=1S/C27H15BrCl2N2O3/c28-19-11-12-24(35-27(34)21-8-3-6-16-5-1-2-7-20(16)21)17(14-19)13-18(15-31)26(33)32-25-22(29)9-4-10-23(25)30/h1-14H,(H,32,33)/b18-13+. The molecular formula is C27H15BrCl2N2O3. The molecule has 0 aliphatic rings. The first-order valence-corrected chi connectivity index (χ1v) is 11.8. The van der Waals surface area contributed by atoms with E-state index in [-0.39, 0.29) is 27.1 Å². The summed E-state index contributed by atoms with van der Waals surface area (Å²) in [5.74, 6) is -1.10. The minimum Gasteiger partial charge on any atom is -0.422 e. The highest BCUT2D eigenvalue weighted by atomic mass is 79.9. The first kappa shape index (κ1) is 24.5. The van der Waals surface area contributed by atoms with Crippen LogP contribution in [-0.2, 0) is 4.79 Å². The molecular weight excluding hydrogens is 551 g/mol. The lowest BCUT2D eigenvalue weighted by atomic mass is 10.0. The fourth-order valence-electron chi connectivity index (χ4n) is 3.39. The zero-order valence-electron chi connectivity index (χ0n) is 17.9. The maximum Gasteiger partial charge on any atom is 0.344 e. The van der Waals surface area contributed by atoms with Crippen LogP contribution in [0.15, 0.2) is 88.9 Å². The van der Waals surface area contributed by atoms with Crippen LogP contribution in [0.3, 0.4) is 0 Å². The highest BCUT2D eigenvalue weighted by Crippen LogP contribution is 2.31. The van der Waals surface area contributed by atoms with Gasteiger partial charge >= 0.3 is 5.97 Å². The number of nitriles is 1. The molecule has 0 heterocycles. The minimum absolute atomic E-state index is 0.183.